The summed E-state index contributed by atoms with van der Waals surface area (Å²) < 4.78 is 37.4. The largest absolute Gasteiger partial charge is 0.493 e. The second-order valence-corrected chi connectivity index (χ2v) is 8.98. The second kappa shape index (κ2) is 9.36. The first-order chi connectivity index (χ1) is 16.3. The average Bonchev–Trinajstić information content (AvgIpc) is 3.15. The third kappa shape index (κ3) is 4.76. The third-order valence-corrected chi connectivity index (χ3v) is 6.24. The van der Waals surface area contributed by atoms with Crippen molar-refractivity contribution in [3.63, 3.8) is 0 Å². The van der Waals surface area contributed by atoms with Gasteiger partial charge >= 0.3 is 10.1 Å². The normalized spacial score (nSPS) is 11.6. The minimum atomic E-state index is -4.03. The van der Waals surface area contributed by atoms with Crippen LogP contribution in [0, 0.1) is 13.8 Å². The van der Waals surface area contributed by atoms with Gasteiger partial charge in [-0.25, -0.2) is 10.4 Å². The van der Waals surface area contributed by atoms with Gasteiger partial charge in [-0.1, -0.05) is 23.8 Å². The van der Waals surface area contributed by atoms with Gasteiger partial charge in [0.25, 0.3) is 5.91 Å². The Kier molecular flexibility index (Phi) is 6.33. The minimum absolute atomic E-state index is 0.0330. The van der Waals surface area contributed by atoms with Crippen LogP contribution < -0.4 is 14.3 Å². The van der Waals surface area contributed by atoms with Gasteiger partial charge in [0, 0.05) is 6.20 Å². The highest BCUT2D eigenvalue weighted by atomic mass is 32.2. The molecule has 0 saturated heterocycles. The van der Waals surface area contributed by atoms with Crippen LogP contribution in [0.4, 0.5) is 0 Å². The number of ether oxygens (including phenoxy) is 1. The maximum Gasteiger partial charge on any atom is 0.339 e. The summed E-state index contributed by atoms with van der Waals surface area (Å²) in [5.41, 5.74) is 5.61. The number of hydrazone groups is 1. The maximum absolute atomic E-state index is 12.6. The van der Waals surface area contributed by atoms with E-state index in [9.17, 15) is 13.2 Å². The molecular weight excluding hydrogens is 456 g/mol. The number of rotatable bonds is 7. The van der Waals surface area contributed by atoms with Crippen molar-refractivity contribution in [1.82, 2.24) is 14.8 Å². The van der Waals surface area contributed by atoms with E-state index in [-0.39, 0.29) is 16.4 Å². The van der Waals surface area contributed by atoms with E-state index in [0.717, 1.165) is 5.56 Å². The van der Waals surface area contributed by atoms with E-state index >= 15 is 0 Å². The molecule has 34 heavy (non-hydrogen) atoms. The van der Waals surface area contributed by atoms with Crippen molar-refractivity contribution in [1.29, 1.82) is 0 Å². The van der Waals surface area contributed by atoms with E-state index in [1.807, 2.05) is 25.1 Å². The summed E-state index contributed by atoms with van der Waals surface area (Å²) in [6.45, 7) is 3.61. The lowest BCUT2D eigenvalue weighted by molar-refractivity contribution is 0.0948. The van der Waals surface area contributed by atoms with E-state index in [2.05, 4.69) is 15.5 Å². The summed E-state index contributed by atoms with van der Waals surface area (Å²) in [7, 11) is -2.63. The van der Waals surface area contributed by atoms with Crippen LogP contribution in [-0.4, -0.2) is 37.0 Å². The molecule has 2 heterocycles. The standard InChI is InChI=1S/C24H22N4O5S/c1-16-7-10-19(11-8-16)34(30,31)33-20-12-9-18(14-21(20)32-3)15-25-27-24(29)23-17(2)26-22-6-4-5-13-28(22)23/h4-15H,1-3H3,(H,27,29)/b25-15-. The number of amides is 1. The molecule has 0 unspecified atom stereocenters. The van der Waals surface area contributed by atoms with Crippen LogP contribution >= 0.6 is 0 Å². The lowest BCUT2D eigenvalue weighted by atomic mass is 10.2. The molecule has 174 valence electrons. The maximum atomic E-state index is 12.6. The summed E-state index contributed by atoms with van der Waals surface area (Å²) in [4.78, 5) is 17.0. The van der Waals surface area contributed by atoms with Crippen molar-refractivity contribution >= 4 is 27.9 Å². The van der Waals surface area contributed by atoms with Crippen molar-refractivity contribution in [2.24, 2.45) is 5.10 Å². The van der Waals surface area contributed by atoms with Crippen LogP contribution in [-0.2, 0) is 10.1 Å². The summed E-state index contributed by atoms with van der Waals surface area (Å²) >= 11 is 0. The summed E-state index contributed by atoms with van der Waals surface area (Å²) in [5, 5.41) is 4.00. The van der Waals surface area contributed by atoms with E-state index in [1.54, 1.807) is 41.8 Å². The van der Waals surface area contributed by atoms with Gasteiger partial charge in [0.2, 0.25) is 0 Å². The fourth-order valence-corrected chi connectivity index (χ4v) is 4.25. The Morgan fingerprint density at radius 2 is 1.82 bits per heavy atom. The highest BCUT2D eigenvalue weighted by Gasteiger charge is 2.19. The molecule has 0 saturated carbocycles. The molecule has 0 bridgehead atoms. The summed E-state index contributed by atoms with van der Waals surface area (Å²) in [6, 6.07) is 16.4. The van der Waals surface area contributed by atoms with Crippen molar-refractivity contribution in [3.8, 4) is 11.5 Å². The number of aromatic nitrogens is 2. The van der Waals surface area contributed by atoms with Gasteiger partial charge in [-0.05, 0) is 61.9 Å². The summed E-state index contributed by atoms with van der Waals surface area (Å²) in [6.07, 6.45) is 3.17. The number of hydrogen-bond acceptors (Lipinski definition) is 7. The highest BCUT2D eigenvalue weighted by Crippen LogP contribution is 2.30. The molecule has 9 nitrogen and oxygen atoms in total. The number of hydrogen-bond donors (Lipinski definition) is 1. The van der Waals surface area contributed by atoms with Gasteiger partial charge in [0.05, 0.1) is 19.0 Å². The van der Waals surface area contributed by atoms with Gasteiger partial charge in [0.1, 0.15) is 16.2 Å². The molecule has 0 radical (unpaired) electrons. The van der Waals surface area contributed by atoms with Gasteiger partial charge < -0.3 is 8.92 Å². The smallest absolute Gasteiger partial charge is 0.339 e. The molecule has 4 rings (SSSR count). The van der Waals surface area contributed by atoms with Gasteiger partial charge in [0.15, 0.2) is 11.5 Å². The van der Waals surface area contributed by atoms with E-state index in [1.165, 1.54) is 31.5 Å². The van der Waals surface area contributed by atoms with Gasteiger partial charge in [-0.15, -0.1) is 0 Å². The molecule has 10 heteroatoms. The molecule has 0 aliphatic rings. The zero-order valence-corrected chi connectivity index (χ0v) is 19.5. The molecule has 0 aliphatic carbocycles. The van der Waals surface area contributed by atoms with Crippen LogP contribution in [0.1, 0.15) is 27.3 Å². The number of methoxy groups -OCH3 is 1. The Morgan fingerprint density at radius 3 is 2.56 bits per heavy atom. The van der Waals surface area contributed by atoms with Crippen LogP contribution in [0.3, 0.4) is 0 Å². The number of carbonyl (C=O) groups is 1. The highest BCUT2D eigenvalue weighted by molar-refractivity contribution is 7.87. The first-order valence-electron chi connectivity index (χ1n) is 10.2. The van der Waals surface area contributed by atoms with Crippen molar-refractivity contribution in [2.75, 3.05) is 7.11 Å². The molecular formula is C24H22N4O5S. The van der Waals surface area contributed by atoms with E-state index in [4.69, 9.17) is 8.92 Å². The first-order valence-corrected chi connectivity index (χ1v) is 11.7. The average molecular weight is 479 g/mol. The molecule has 0 spiro atoms. The zero-order valence-electron chi connectivity index (χ0n) is 18.7. The molecule has 2 aromatic carbocycles. The topological polar surface area (TPSA) is 111 Å². The molecule has 1 amide bonds. The van der Waals surface area contributed by atoms with E-state index < -0.39 is 16.0 Å². The molecule has 0 fully saturated rings. The van der Waals surface area contributed by atoms with Crippen molar-refractivity contribution in [3.05, 3.63) is 89.4 Å². The quantitative estimate of drug-likeness (QED) is 0.247. The van der Waals surface area contributed by atoms with Crippen molar-refractivity contribution < 1.29 is 22.1 Å². The molecule has 0 atom stereocenters. The molecule has 0 aliphatic heterocycles. The number of nitrogens with zero attached hydrogens (tertiary/aromatic N) is 3. The lowest BCUT2D eigenvalue weighted by Gasteiger charge is -2.11. The number of benzene rings is 2. The van der Waals surface area contributed by atoms with Crippen LogP contribution in [0.15, 0.2) is 76.9 Å². The number of fused-ring (bicyclic) bond motifs is 1. The zero-order chi connectivity index (χ0) is 24.3. The number of carbonyl (C=O) groups excluding carboxylic acids is 1. The number of aryl methyl sites for hydroxylation is 2. The number of pyridine rings is 1. The Morgan fingerprint density at radius 1 is 1.06 bits per heavy atom. The van der Waals surface area contributed by atoms with Gasteiger partial charge in [-0.3, -0.25) is 9.20 Å². The molecule has 1 N–H and O–H groups in total. The number of nitrogens with one attached hydrogen (secondary N) is 1. The second-order valence-electron chi connectivity index (χ2n) is 7.43. The molecule has 2 aromatic heterocycles. The Balaban J connectivity index is 1.49. The SMILES string of the molecule is COc1cc(/C=N\NC(=O)c2c(C)nc3ccccn23)ccc1OS(=O)(=O)c1ccc(C)cc1. The predicted octanol–water partition coefficient (Wildman–Crippen LogP) is 3.49. The third-order valence-electron chi connectivity index (χ3n) is 5.00. The Hall–Kier alpha value is -4.18. The van der Waals surface area contributed by atoms with Crippen molar-refractivity contribution in [2.45, 2.75) is 18.7 Å². The lowest BCUT2D eigenvalue weighted by Crippen LogP contribution is -2.20. The predicted molar refractivity (Wildman–Crippen MR) is 127 cm³/mol. The monoisotopic (exact) mass is 478 g/mol. The van der Waals surface area contributed by atoms with Gasteiger partial charge in [-0.2, -0.15) is 13.5 Å². The number of imidazole rings is 1. The van der Waals surface area contributed by atoms with Crippen LogP contribution in [0.5, 0.6) is 11.5 Å². The fraction of sp³-hybridized carbons (Fsp3) is 0.125. The first kappa shape index (κ1) is 23.0. The molecule has 4 aromatic rings. The summed E-state index contributed by atoms with van der Waals surface area (Å²) in [5.74, 6) is -0.183. The Labute approximate surface area is 196 Å². The van der Waals surface area contributed by atoms with E-state index in [0.29, 0.717) is 22.6 Å². The Bertz CT molecular complexity index is 1490. The van der Waals surface area contributed by atoms with Crippen LogP contribution in [0.2, 0.25) is 0 Å². The van der Waals surface area contributed by atoms with Crippen LogP contribution in [0.25, 0.3) is 5.65 Å². The minimum Gasteiger partial charge on any atom is -0.493 e. The fourth-order valence-electron chi connectivity index (χ4n) is 3.31.